The molecule has 0 spiro atoms. The lowest BCUT2D eigenvalue weighted by molar-refractivity contribution is 0.867. The van der Waals surface area contributed by atoms with Gasteiger partial charge in [0.25, 0.3) is 0 Å². The van der Waals surface area contributed by atoms with Crippen LogP contribution in [-0.2, 0) is 6.54 Å². The molecule has 0 unspecified atom stereocenters. The molecule has 128 valence electrons. The summed E-state index contributed by atoms with van der Waals surface area (Å²) in [6.07, 6.45) is 3.68. The molecule has 1 aromatic heterocycles. The first-order chi connectivity index (χ1) is 12.1. The van der Waals surface area contributed by atoms with E-state index in [1.165, 1.54) is 5.56 Å². The molecule has 0 fully saturated rings. The van der Waals surface area contributed by atoms with Gasteiger partial charge >= 0.3 is 0 Å². The van der Waals surface area contributed by atoms with Crippen LogP contribution in [-0.4, -0.2) is 15.7 Å². The van der Waals surface area contributed by atoms with Crippen LogP contribution in [0.4, 0.5) is 5.69 Å². The van der Waals surface area contributed by atoms with Crippen molar-refractivity contribution in [3.63, 3.8) is 0 Å². The third-order valence-corrected chi connectivity index (χ3v) is 3.96. The predicted octanol–water partition coefficient (Wildman–Crippen LogP) is 3.92. The van der Waals surface area contributed by atoms with Gasteiger partial charge in [-0.15, -0.1) is 0 Å². The van der Waals surface area contributed by atoms with Crippen molar-refractivity contribution in [2.45, 2.75) is 26.3 Å². The van der Waals surface area contributed by atoms with E-state index in [1.807, 2.05) is 53.3 Å². The third kappa shape index (κ3) is 4.47. The molecule has 0 aliphatic heterocycles. The molecule has 25 heavy (non-hydrogen) atoms. The highest BCUT2D eigenvalue weighted by molar-refractivity contribution is 5.92. The zero-order chi connectivity index (χ0) is 17.6. The normalized spacial score (nSPS) is 11.7. The van der Waals surface area contributed by atoms with E-state index < -0.39 is 0 Å². The smallest absolute Gasteiger partial charge is 0.193 e. The highest BCUT2D eigenvalue weighted by atomic mass is 15.3. The largest absolute Gasteiger partial charge is 0.370 e. The Kier molecular flexibility index (Phi) is 5.14. The molecule has 3 rings (SSSR count). The fraction of sp³-hybridized carbons (Fsp3) is 0.200. The molecular weight excluding hydrogens is 310 g/mol. The first-order valence-electron chi connectivity index (χ1n) is 8.37. The van der Waals surface area contributed by atoms with E-state index >= 15 is 0 Å². The highest BCUT2D eigenvalue weighted by Crippen LogP contribution is 2.18. The number of hydrogen-bond donors (Lipinski definition) is 2. The van der Waals surface area contributed by atoms with E-state index in [4.69, 9.17) is 5.73 Å². The van der Waals surface area contributed by atoms with Crippen LogP contribution in [0, 0.1) is 0 Å². The molecule has 1 heterocycles. The highest BCUT2D eigenvalue weighted by Gasteiger charge is 2.01. The molecule has 0 saturated heterocycles. The van der Waals surface area contributed by atoms with Gasteiger partial charge in [0, 0.05) is 18.1 Å². The molecular formula is C20H23N5. The number of hydrogen-bond acceptors (Lipinski definition) is 2. The number of nitrogens with two attached hydrogens (primary N) is 1. The summed E-state index contributed by atoms with van der Waals surface area (Å²) in [7, 11) is 0. The van der Waals surface area contributed by atoms with Crippen LogP contribution in [0.15, 0.2) is 72.0 Å². The Hall–Kier alpha value is -3.08. The number of benzene rings is 2. The van der Waals surface area contributed by atoms with Crippen LogP contribution in [0.2, 0.25) is 0 Å². The average molecular weight is 333 g/mol. The fourth-order valence-corrected chi connectivity index (χ4v) is 2.52. The van der Waals surface area contributed by atoms with Gasteiger partial charge in [-0.05, 0) is 47.4 Å². The zero-order valence-corrected chi connectivity index (χ0v) is 14.6. The van der Waals surface area contributed by atoms with Crippen LogP contribution >= 0.6 is 0 Å². The second-order valence-electron chi connectivity index (χ2n) is 6.22. The Labute approximate surface area is 148 Å². The summed E-state index contributed by atoms with van der Waals surface area (Å²) in [6, 6.07) is 18.3. The lowest BCUT2D eigenvalue weighted by atomic mass is 10.0. The Bertz CT molecular complexity index is 833. The second-order valence-corrected chi connectivity index (χ2v) is 6.22. The Morgan fingerprint density at radius 3 is 2.64 bits per heavy atom. The Morgan fingerprint density at radius 2 is 1.96 bits per heavy atom. The number of aliphatic imine (C=N–C) groups is 1. The van der Waals surface area contributed by atoms with Gasteiger partial charge in [-0.2, -0.15) is 5.10 Å². The first-order valence-corrected chi connectivity index (χ1v) is 8.37. The van der Waals surface area contributed by atoms with Crippen LogP contribution in [0.1, 0.15) is 30.9 Å². The molecule has 2 aromatic carbocycles. The van der Waals surface area contributed by atoms with Gasteiger partial charge in [0.2, 0.25) is 0 Å². The number of anilines is 1. The number of nitrogens with zero attached hydrogens (tertiary/aromatic N) is 3. The topological polar surface area (TPSA) is 68.2 Å². The van der Waals surface area contributed by atoms with Gasteiger partial charge in [0.05, 0.1) is 12.2 Å². The molecule has 0 bridgehead atoms. The SMILES string of the molecule is CC(C)c1cccc(NC(N)=NCc2ccc(-n3cccn3)cc2)c1. The average Bonchev–Trinajstić information content (AvgIpc) is 3.15. The molecule has 5 heteroatoms. The van der Waals surface area contributed by atoms with Gasteiger partial charge in [0.15, 0.2) is 5.96 Å². The Morgan fingerprint density at radius 1 is 1.16 bits per heavy atom. The lowest BCUT2D eigenvalue weighted by Crippen LogP contribution is -2.22. The summed E-state index contributed by atoms with van der Waals surface area (Å²) >= 11 is 0. The first kappa shape index (κ1) is 16.8. The van der Waals surface area contributed by atoms with E-state index in [9.17, 15) is 0 Å². The van der Waals surface area contributed by atoms with Crippen molar-refractivity contribution in [2.24, 2.45) is 10.7 Å². The lowest BCUT2D eigenvalue weighted by Gasteiger charge is -2.10. The molecule has 0 saturated carbocycles. The molecule has 0 aliphatic rings. The molecule has 0 atom stereocenters. The van der Waals surface area contributed by atoms with Crippen molar-refractivity contribution < 1.29 is 0 Å². The van der Waals surface area contributed by atoms with Crippen molar-refractivity contribution in [1.29, 1.82) is 0 Å². The van der Waals surface area contributed by atoms with E-state index in [-0.39, 0.29) is 0 Å². The monoisotopic (exact) mass is 333 g/mol. The maximum Gasteiger partial charge on any atom is 0.193 e. The summed E-state index contributed by atoms with van der Waals surface area (Å²) in [5.41, 5.74) is 10.4. The molecule has 5 nitrogen and oxygen atoms in total. The van der Waals surface area contributed by atoms with E-state index in [1.54, 1.807) is 6.20 Å². The van der Waals surface area contributed by atoms with Gasteiger partial charge < -0.3 is 11.1 Å². The third-order valence-electron chi connectivity index (χ3n) is 3.96. The van der Waals surface area contributed by atoms with Crippen molar-refractivity contribution in [2.75, 3.05) is 5.32 Å². The van der Waals surface area contributed by atoms with Crippen molar-refractivity contribution in [3.05, 3.63) is 78.1 Å². The predicted molar refractivity (Wildman–Crippen MR) is 103 cm³/mol. The number of nitrogens with one attached hydrogen (secondary N) is 1. The standard InChI is InChI=1S/C20H23N5/c1-15(2)17-5-3-6-18(13-17)24-20(21)22-14-16-7-9-19(10-8-16)25-12-4-11-23-25/h3-13,15H,14H2,1-2H3,(H3,21,22,24). The molecule has 0 amide bonds. The molecule has 0 radical (unpaired) electrons. The summed E-state index contributed by atoms with van der Waals surface area (Å²) < 4.78 is 1.82. The zero-order valence-electron chi connectivity index (χ0n) is 14.6. The minimum Gasteiger partial charge on any atom is -0.370 e. The maximum absolute atomic E-state index is 6.01. The minimum atomic E-state index is 0.414. The fourth-order valence-electron chi connectivity index (χ4n) is 2.52. The van der Waals surface area contributed by atoms with Crippen LogP contribution in [0.3, 0.4) is 0 Å². The molecule has 0 aliphatic carbocycles. The van der Waals surface area contributed by atoms with E-state index in [2.05, 4.69) is 41.4 Å². The van der Waals surface area contributed by atoms with Gasteiger partial charge in [0.1, 0.15) is 0 Å². The van der Waals surface area contributed by atoms with Crippen molar-refractivity contribution in [3.8, 4) is 5.69 Å². The second kappa shape index (κ2) is 7.66. The van der Waals surface area contributed by atoms with Gasteiger partial charge in [-0.1, -0.05) is 38.1 Å². The molecule has 3 N–H and O–H groups in total. The number of aromatic nitrogens is 2. The summed E-state index contributed by atoms with van der Waals surface area (Å²) in [4.78, 5) is 4.42. The minimum absolute atomic E-state index is 0.414. The summed E-state index contributed by atoms with van der Waals surface area (Å²) in [6.45, 7) is 4.87. The summed E-state index contributed by atoms with van der Waals surface area (Å²) in [5, 5.41) is 7.37. The van der Waals surface area contributed by atoms with Gasteiger partial charge in [-0.25, -0.2) is 9.67 Å². The van der Waals surface area contributed by atoms with Crippen molar-refractivity contribution in [1.82, 2.24) is 9.78 Å². The van der Waals surface area contributed by atoms with Crippen LogP contribution < -0.4 is 11.1 Å². The van der Waals surface area contributed by atoms with Crippen LogP contribution in [0.5, 0.6) is 0 Å². The van der Waals surface area contributed by atoms with E-state index in [0.717, 1.165) is 16.9 Å². The quantitative estimate of drug-likeness (QED) is 0.549. The van der Waals surface area contributed by atoms with Crippen molar-refractivity contribution >= 4 is 11.6 Å². The number of rotatable bonds is 5. The van der Waals surface area contributed by atoms with E-state index in [0.29, 0.717) is 18.4 Å². The molecule has 3 aromatic rings. The summed E-state index contributed by atoms with van der Waals surface area (Å²) in [5.74, 6) is 0.894. The van der Waals surface area contributed by atoms with Crippen LogP contribution in [0.25, 0.3) is 5.69 Å². The number of guanidine groups is 1. The maximum atomic E-state index is 6.01. The van der Waals surface area contributed by atoms with Gasteiger partial charge in [-0.3, -0.25) is 0 Å². The Balaban J connectivity index is 1.62.